The molecule has 0 aliphatic carbocycles. The lowest BCUT2D eigenvalue weighted by atomic mass is 9.81. The van der Waals surface area contributed by atoms with Crippen LogP contribution in [0.3, 0.4) is 0 Å². The molecule has 2 aromatic rings. The maximum atomic E-state index is 12.5. The van der Waals surface area contributed by atoms with E-state index in [-0.39, 0.29) is 29.8 Å². The molecular formula is C47H68N3O9+. The predicted octanol–water partition coefficient (Wildman–Crippen LogP) is 6.74. The molecule has 2 N–H and O–H groups in total. The van der Waals surface area contributed by atoms with Crippen LogP contribution in [0, 0.1) is 0 Å². The van der Waals surface area contributed by atoms with Crippen LogP contribution in [0.1, 0.15) is 70.9 Å². The molecule has 2 aliphatic heterocycles. The highest BCUT2D eigenvalue weighted by Gasteiger charge is 2.42. The SMILES string of the molecule is C[N+]1=C(\C=C/C=C/C=C2/N(CCCCCC(=O)NCCOCCOCCOCCOCCOCCOCCC(=O)O)c3ccccc3C2(C)C)C(C)(C)c2ccccc21. The molecule has 0 saturated carbocycles. The zero-order chi connectivity index (χ0) is 42.4. The number of hydrogen-bond acceptors (Lipinski definition) is 9. The third-order valence-corrected chi connectivity index (χ3v) is 10.6. The minimum atomic E-state index is -0.876. The summed E-state index contributed by atoms with van der Waals surface area (Å²) < 4.78 is 34.8. The van der Waals surface area contributed by atoms with E-state index in [0.717, 1.165) is 25.8 Å². The predicted molar refractivity (Wildman–Crippen MR) is 232 cm³/mol. The van der Waals surface area contributed by atoms with E-state index >= 15 is 0 Å². The van der Waals surface area contributed by atoms with Gasteiger partial charge in [0.1, 0.15) is 7.05 Å². The van der Waals surface area contributed by atoms with Crippen LogP contribution in [0.25, 0.3) is 0 Å². The second-order valence-corrected chi connectivity index (χ2v) is 15.7. The zero-order valence-corrected chi connectivity index (χ0v) is 36.0. The molecule has 2 heterocycles. The van der Waals surface area contributed by atoms with E-state index in [2.05, 4.69) is 128 Å². The monoisotopic (exact) mass is 818 g/mol. The van der Waals surface area contributed by atoms with Gasteiger partial charge in [0.15, 0.2) is 5.71 Å². The van der Waals surface area contributed by atoms with Gasteiger partial charge in [-0.15, -0.1) is 0 Å². The van der Waals surface area contributed by atoms with Crippen molar-refractivity contribution in [3.8, 4) is 0 Å². The van der Waals surface area contributed by atoms with Crippen molar-refractivity contribution in [2.45, 2.75) is 70.6 Å². The quantitative estimate of drug-likeness (QED) is 0.0498. The number of hydrogen-bond donors (Lipinski definition) is 2. The van der Waals surface area contributed by atoms with E-state index in [1.165, 1.54) is 33.9 Å². The Morgan fingerprint density at radius 3 is 1.83 bits per heavy atom. The van der Waals surface area contributed by atoms with E-state index in [1.807, 2.05) is 0 Å². The summed E-state index contributed by atoms with van der Waals surface area (Å²) in [5, 5.41) is 11.5. The van der Waals surface area contributed by atoms with Gasteiger partial charge < -0.3 is 43.7 Å². The highest BCUT2D eigenvalue weighted by molar-refractivity contribution is 6.03. The summed E-state index contributed by atoms with van der Waals surface area (Å²) >= 11 is 0. The van der Waals surface area contributed by atoms with Gasteiger partial charge in [-0.3, -0.25) is 9.59 Å². The number of aliphatic carboxylic acids is 1. The average molecular weight is 819 g/mol. The molecule has 0 bridgehead atoms. The number of benzene rings is 2. The van der Waals surface area contributed by atoms with Crippen LogP contribution in [0.5, 0.6) is 0 Å². The van der Waals surface area contributed by atoms with Crippen molar-refractivity contribution < 1.29 is 47.7 Å². The molecule has 0 aromatic heterocycles. The molecule has 12 nitrogen and oxygen atoms in total. The van der Waals surface area contributed by atoms with Gasteiger partial charge in [-0.2, -0.15) is 4.58 Å². The maximum absolute atomic E-state index is 12.5. The second kappa shape index (κ2) is 25.5. The molecule has 4 rings (SSSR count). The molecule has 0 spiro atoms. The zero-order valence-electron chi connectivity index (χ0n) is 36.0. The van der Waals surface area contributed by atoms with Gasteiger partial charge in [-0.1, -0.05) is 74.9 Å². The Labute approximate surface area is 351 Å². The number of anilines is 1. The minimum Gasteiger partial charge on any atom is -0.481 e. The summed E-state index contributed by atoms with van der Waals surface area (Å²) in [4.78, 5) is 25.3. The van der Waals surface area contributed by atoms with Crippen LogP contribution < -0.4 is 10.2 Å². The Kier molecular flexibility index (Phi) is 20.5. The van der Waals surface area contributed by atoms with E-state index in [0.29, 0.717) is 85.6 Å². The standard InChI is InChI=1S/C47H67N3O9/c1-46(2)38-16-11-13-18-40(38)49(5)42(46)20-8-6-9-21-43-47(3,4)39-17-12-14-19-41(39)50(43)25-15-7-10-22-44(51)48-24-27-55-29-31-57-33-35-59-37-36-58-34-32-56-30-28-54-26-23-45(52)53/h6,8-9,11-14,16-21H,7,10,15,22-37H2,1-5H3,(H-,48,51,52,53)/p+1. The summed E-state index contributed by atoms with van der Waals surface area (Å²) in [6.45, 7) is 15.6. The molecule has 12 heteroatoms. The van der Waals surface area contributed by atoms with Gasteiger partial charge >= 0.3 is 5.97 Å². The Morgan fingerprint density at radius 1 is 0.661 bits per heavy atom. The number of allylic oxidation sites excluding steroid dienone is 6. The topological polar surface area (TPSA) is 128 Å². The Morgan fingerprint density at radius 2 is 1.22 bits per heavy atom. The molecule has 59 heavy (non-hydrogen) atoms. The van der Waals surface area contributed by atoms with Crippen molar-refractivity contribution in [3.05, 3.63) is 95.7 Å². The number of rotatable bonds is 30. The molecule has 0 unspecified atom stereocenters. The summed E-state index contributed by atoms with van der Waals surface area (Å²) in [5.74, 6) is -0.822. The fourth-order valence-corrected chi connectivity index (χ4v) is 7.49. The first-order valence-corrected chi connectivity index (χ1v) is 21.1. The number of para-hydroxylation sites is 2. The fraction of sp³-hybridized carbons (Fsp3) is 0.553. The lowest BCUT2D eigenvalue weighted by molar-refractivity contribution is -0.401. The van der Waals surface area contributed by atoms with Gasteiger partial charge in [-0.25, -0.2) is 0 Å². The summed E-state index contributed by atoms with van der Waals surface area (Å²) in [6.07, 6.45) is 14.3. The molecule has 0 radical (unpaired) electrons. The Balaban J connectivity index is 1.02. The third-order valence-electron chi connectivity index (χ3n) is 10.6. The van der Waals surface area contributed by atoms with Crippen molar-refractivity contribution in [1.82, 2.24) is 5.32 Å². The number of nitrogens with one attached hydrogen (secondary N) is 1. The summed E-state index contributed by atoms with van der Waals surface area (Å²) in [5.41, 5.74) is 7.64. The Bertz CT molecular complexity index is 1730. The lowest BCUT2D eigenvalue weighted by Crippen LogP contribution is -2.28. The number of carboxylic acids is 1. The van der Waals surface area contributed by atoms with Crippen molar-refractivity contribution in [3.63, 3.8) is 0 Å². The van der Waals surface area contributed by atoms with Gasteiger partial charge in [0.05, 0.1) is 91.1 Å². The van der Waals surface area contributed by atoms with E-state index in [1.54, 1.807) is 0 Å². The number of carbonyl (C=O) groups excluding carboxylic acids is 1. The number of carbonyl (C=O) groups is 2. The van der Waals surface area contributed by atoms with E-state index in [9.17, 15) is 9.59 Å². The highest BCUT2D eigenvalue weighted by atomic mass is 16.6. The van der Waals surface area contributed by atoms with Gasteiger partial charge in [0.25, 0.3) is 0 Å². The Hall–Kier alpha value is -4.17. The first-order chi connectivity index (χ1) is 28.5. The van der Waals surface area contributed by atoms with Crippen molar-refractivity contribution in [1.29, 1.82) is 0 Å². The van der Waals surface area contributed by atoms with Crippen molar-refractivity contribution in [2.24, 2.45) is 0 Å². The number of ether oxygens (including phenoxy) is 6. The number of amides is 1. The lowest BCUT2D eigenvalue weighted by Gasteiger charge is -2.27. The van der Waals surface area contributed by atoms with Gasteiger partial charge in [0.2, 0.25) is 11.6 Å². The summed E-state index contributed by atoms with van der Waals surface area (Å²) in [7, 11) is 2.15. The molecule has 2 aromatic carbocycles. The van der Waals surface area contributed by atoms with Gasteiger partial charge in [-0.05, 0) is 44.4 Å². The fourth-order valence-electron chi connectivity index (χ4n) is 7.49. The first-order valence-electron chi connectivity index (χ1n) is 21.1. The van der Waals surface area contributed by atoms with Crippen LogP contribution in [0.15, 0.2) is 84.6 Å². The molecule has 2 aliphatic rings. The average Bonchev–Trinajstić information content (AvgIpc) is 3.55. The normalized spacial score (nSPS) is 16.2. The van der Waals surface area contributed by atoms with Crippen molar-refractivity contribution in [2.75, 3.05) is 104 Å². The largest absolute Gasteiger partial charge is 0.481 e. The highest BCUT2D eigenvalue weighted by Crippen LogP contribution is 2.47. The molecule has 0 atom stereocenters. The molecule has 0 fully saturated rings. The van der Waals surface area contributed by atoms with Gasteiger partial charge in [0, 0.05) is 54.0 Å². The van der Waals surface area contributed by atoms with Crippen LogP contribution in [0.2, 0.25) is 0 Å². The summed E-state index contributed by atoms with van der Waals surface area (Å²) in [6, 6.07) is 17.4. The number of carboxylic acid groups (broad SMARTS) is 1. The first kappa shape index (κ1) is 47.5. The van der Waals surface area contributed by atoms with Crippen LogP contribution in [-0.2, 0) is 48.8 Å². The molecule has 0 saturated heterocycles. The van der Waals surface area contributed by atoms with Crippen LogP contribution in [-0.4, -0.2) is 127 Å². The van der Waals surface area contributed by atoms with Crippen LogP contribution >= 0.6 is 0 Å². The maximum Gasteiger partial charge on any atom is 0.305 e. The van der Waals surface area contributed by atoms with Crippen LogP contribution in [0.4, 0.5) is 11.4 Å². The minimum absolute atomic E-state index is 0.00675. The van der Waals surface area contributed by atoms with E-state index in [4.69, 9.17) is 33.5 Å². The number of unbranched alkanes of at least 4 members (excludes halogenated alkanes) is 2. The smallest absolute Gasteiger partial charge is 0.305 e. The second-order valence-electron chi connectivity index (χ2n) is 15.7. The molecular weight excluding hydrogens is 751 g/mol. The molecule has 1 amide bonds. The van der Waals surface area contributed by atoms with Crippen molar-refractivity contribution >= 4 is 29.0 Å². The number of nitrogens with zero attached hydrogens (tertiary/aromatic N) is 2. The number of fused-ring (bicyclic) bond motifs is 2. The van der Waals surface area contributed by atoms with E-state index < -0.39 is 5.97 Å². The molecule has 324 valence electrons. The third kappa shape index (κ3) is 15.1.